The number of nitrogens with one attached hydrogen (secondary N) is 1. The number of thiophene rings is 1. The predicted octanol–water partition coefficient (Wildman–Crippen LogP) is 5.61. The van der Waals surface area contributed by atoms with Crippen LogP contribution in [0.2, 0.25) is 0 Å². The van der Waals surface area contributed by atoms with Crippen LogP contribution in [0.5, 0.6) is 0 Å². The molecule has 1 heterocycles. The molecule has 1 N–H and O–H groups in total. The van der Waals surface area contributed by atoms with E-state index in [0.717, 1.165) is 22.6 Å². The van der Waals surface area contributed by atoms with Crippen LogP contribution in [0.25, 0.3) is 0 Å². The lowest BCUT2D eigenvalue weighted by molar-refractivity contribution is 0.0528. The standard InChI is InChI=1S/C22H19F2NO3S/c1-3-28-22(27)16-12-19(13(2)14-7-5-4-6-8-14)29-21(16)25-20(26)15-9-10-17(23)18(24)11-15/h4-13H,3H2,1-2H3,(H,25,26). The number of benzene rings is 2. The van der Waals surface area contributed by atoms with E-state index in [1.54, 1.807) is 13.0 Å². The van der Waals surface area contributed by atoms with Gasteiger partial charge in [-0.25, -0.2) is 13.6 Å². The van der Waals surface area contributed by atoms with E-state index in [9.17, 15) is 18.4 Å². The maximum atomic E-state index is 13.5. The van der Waals surface area contributed by atoms with Gasteiger partial charge in [-0.1, -0.05) is 37.3 Å². The van der Waals surface area contributed by atoms with Crippen LogP contribution in [0, 0.1) is 11.6 Å². The summed E-state index contributed by atoms with van der Waals surface area (Å²) in [5.74, 6) is -3.37. The van der Waals surface area contributed by atoms with Crippen molar-refractivity contribution in [3.8, 4) is 0 Å². The number of anilines is 1. The second kappa shape index (κ2) is 8.96. The fourth-order valence-electron chi connectivity index (χ4n) is 2.80. The summed E-state index contributed by atoms with van der Waals surface area (Å²) in [6.45, 7) is 3.88. The lowest BCUT2D eigenvalue weighted by Crippen LogP contribution is -2.14. The first-order valence-corrected chi connectivity index (χ1v) is 9.84. The molecule has 1 aromatic heterocycles. The first-order chi connectivity index (χ1) is 13.9. The fraction of sp³-hybridized carbons (Fsp3) is 0.182. The zero-order valence-corrected chi connectivity index (χ0v) is 16.7. The van der Waals surface area contributed by atoms with Crippen LogP contribution >= 0.6 is 11.3 Å². The van der Waals surface area contributed by atoms with E-state index in [-0.39, 0.29) is 23.7 Å². The monoisotopic (exact) mass is 415 g/mol. The third-order valence-electron chi connectivity index (χ3n) is 4.38. The molecule has 3 rings (SSSR count). The number of esters is 1. The van der Waals surface area contributed by atoms with Gasteiger partial charge in [0.25, 0.3) is 5.91 Å². The summed E-state index contributed by atoms with van der Waals surface area (Å²) in [6.07, 6.45) is 0. The van der Waals surface area contributed by atoms with Gasteiger partial charge in [-0.15, -0.1) is 11.3 Å². The smallest absolute Gasteiger partial charge is 0.341 e. The van der Waals surface area contributed by atoms with Crippen molar-refractivity contribution in [2.24, 2.45) is 0 Å². The van der Waals surface area contributed by atoms with E-state index in [0.29, 0.717) is 5.00 Å². The third-order valence-corrected chi connectivity index (χ3v) is 5.61. The summed E-state index contributed by atoms with van der Waals surface area (Å²) < 4.78 is 31.7. The third kappa shape index (κ3) is 4.68. The molecule has 0 aliphatic rings. The number of hydrogen-bond acceptors (Lipinski definition) is 4. The van der Waals surface area contributed by atoms with Gasteiger partial charge in [0.05, 0.1) is 12.2 Å². The molecule has 0 bridgehead atoms. The van der Waals surface area contributed by atoms with E-state index >= 15 is 0 Å². The second-order valence-electron chi connectivity index (χ2n) is 6.33. The van der Waals surface area contributed by atoms with E-state index in [4.69, 9.17) is 4.74 Å². The molecule has 0 fully saturated rings. The van der Waals surface area contributed by atoms with Crippen molar-refractivity contribution in [1.29, 1.82) is 0 Å². The van der Waals surface area contributed by atoms with Gasteiger partial charge in [0.2, 0.25) is 0 Å². The van der Waals surface area contributed by atoms with Gasteiger partial charge in [-0.05, 0) is 36.8 Å². The van der Waals surface area contributed by atoms with Gasteiger partial charge in [0.1, 0.15) is 5.00 Å². The Morgan fingerprint density at radius 1 is 1.07 bits per heavy atom. The van der Waals surface area contributed by atoms with Gasteiger partial charge in [0.15, 0.2) is 11.6 Å². The van der Waals surface area contributed by atoms with Crippen molar-refractivity contribution in [3.05, 3.63) is 87.8 Å². The maximum absolute atomic E-state index is 13.5. The molecule has 29 heavy (non-hydrogen) atoms. The Morgan fingerprint density at radius 2 is 1.79 bits per heavy atom. The summed E-state index contributed by atoms with van der Waals surface area (Å²) in [7, 11) is 0. The number of ether oxygens (including phenoxy) is 1. The number of amides is 1. The lowest BCUT2D eigenvalue weighted by atomic mass is 9.99. The highest BCUT2D eigenvalue weighted by atomic mass is 32.1. The number of halogens is 2. The molecule has 1 atom stereocenters. The molecule has 2 aromatic carbocycles. The minimum atomic E-state index is -1.12. The van der Waals surface area contributed by atoms with Crippen molar-refractivity contribution in [1.82, 2.24) is 0 Å². The molecule has 1 amide bonds. The van der Waals surface area contributed by atoms with Crippen LogP contribution in [-0.2, 0) is 4.74 Å². The van der Waals surface area contributed by atoms with Crippen LogP contribution in [0.3, 0.4) is 0 Å². The summed E-state index contributed by atoms with van der Waals surface area (Å²) in [6, 6.07) is 14.3. The average molecular weight is 415 g/mol. The van der Waals surface area contributed by atoms with E-state index in [1.807, 2.05) is 37.3 Å². The van der Waals surface area contributed by atoms with Gasteiger partial charge < -0.3 is 10.1 Å². The van der Waals surface area contributed by atoms with Crippen molar-refractivity contribution in [2.75, 3.05) is 11.9 Å². The molecular formula is C22H19F2NO3S. The number of hydrogen-bond donors (Lipinski definition) is 1. The maximum Gasteiger partial charge on any atom is 0.341 e. The lowest BCUT2D eigenvalue weighted by Gasteiger charge is -2.09. The molecule has 0 aliphatic carbocycles. The topological polar surface area (TPSA) is 55.4 Å². The van der Waals surface area contributed by atoms with Crippen LogP contribution in [0.1, 0.15) is 50.9 Å². The predicted molar refractivity (Wildman–Crippen MR) is 109 cm³/mol. The van der Waals surface area contributed by atoms with Crippen LogP contribution in [-0.4, -0.2) is 18.5 Å². The van der Waals surface area contributed by atoms with E-state index in [1.165, 1.54) is 17.4 Å². The summed E-state index contributed by atoms with van der Waals surface area (Å²) in [5, 5.41) is 2.93. The Morgan fingerprint density at radius 3 is 2.45 bits per heavy atom. The van der Waals surface area contributed by atoms with Gasteiger partial charge in [-0.2, -0.15) is 0 Å². The SMILES string of the molecule is CCOC(=O)c1cc(C(C)c2ccccc2)sc1NC(=O)c1ccc(F)c(F)c1. The normalized spacial score (nSPS) is 11.7. The molecular weight excluding hydrogens is 396 g/mol. The summed E-state index contributed by atoms with van der Waals surface area (Å²) >= 11 is 1.25. The minimum absolute atomic E-state index is 0.0108. The molecule has 150 valence electrons. The number of carbonyl (C=O) groups is 2. The van der Waals surface area contributed by atoms with Crippen molar-refractivity contribution in [2.45, 2.75) is 19.8 Å². The van der Waals surface area contributed by atoms with Crippen LogP contribution < -0.4 is 5.32 Å². The molecule has 1 unspecified atom stereocenters. The van der Waals surface area contributed by atoms with Crippen LogP contribution in [0.4, 0.5) is 13.8 Å². The van der Waals surface area contributed by atoms with E-state index in [2.05, 4.69) is 5.32 Å². The Kier molecular flexibility index (Phi) is 6.39. The molecule has 4 nitrogen and oxygen atoms in total. The highest BCUT2D eigenvalue weighted by Crippen LogP contribution is 2.36. The molecule has 0 spiro atoms. The van der Waals surface area contributed by atoms with Crippen LogP contribution in [0.15, 0.2) is 54.6 Å². The summed E-state index contributed by atoms with van der Waals surface area (Å²) in [5.41, 5.74) is 1.23. The fourth-order valence-corrected chi connectivity index (χ4v) is 3.92. The van der Waals surface area contributed by atoms with Gasteiger partial charge in [-0.3, -0.25) is 4.79 Å². The first-order valence-electron chi connectivity index (χ1n) is 9.03. The highest BCUT2D eigenvalue weighted by Gasteiger charge is 2.22. The number of rotatable bonds is 6. The zero-order valence-electron chi connectivity index (χ0n) is 15.9. The molecule has 0 saturated carbocycles. The van der Waals surface area contributed by atoms with Crippen molar-refractivity contribution >= 4 is 28.2 Å². The Hall–Kier alpha value is -3.06. The van der Waals surface area contributed by atoms with E-state index < -0.39 is 23.5 Å². The molecule has 3 aromatic rings. The van der Waals surface area contributed by atoms with Gasteiger partial charge >= 0.3 is 5.97 Å². The molecule has 0 aliphatic heterocycles. The Labute approximate surface area is 171 Å². The Bertz CT molecular complexity index is 1030. The number of carbonyl (C=O) groups excluding carboxylic acids is 2. The van der Waals surface area contributed by atoms with Gasteiger partial charge in [0, 0.05) is 16.4 Å². The quantitative estimate of drug-likeness (QED) is 0.533. The second-order valence-corrected chi connectivity index (χ2v) is 7.41. The average Bonchev–Trinajstić information content (AvgIpc) is 3.14. The van der Waals surface area contributed by atoms with Crippen molar-refractivity contribution in [3.63, 3.8) is 0 Å². The molecule has 7 heteroatoms. The molecule has 0 radical (unpaired) electrons. The zero-order chi connectivity index (χ0) is 21.0. The summed E-state index contributed by atoms with van der Waals surface area (Å²) in [4.78, 5) is 25.8. The first kappa shape index (κ1) is 20.7. The molecule has 0 saturated heterocycles. The highest BCUT2D eigenvalue weighted by molar-refractivity contribution is 7.16. The minimum Gasteiger partial charge on any atom is -0.462 e. The largest absolute Gasteiger partial charge is 0.462 e. The Balaban J connectivity index is 1.93. The van der Waals surface area contributed by atoms with Crippen molar-refractivity contribution < 1.29 is 23.1 Å².